The maximum Gasteiger partial charge on any atom is 0.115 e. The summed E-state index contributed by atoms with van der Waals surface area (Å²) >= 11 is 0. The lowest BCUT2D eigenvalue weighted by molar-refractivity contribution is 0.0451. The van der Waals surface area contributed by atoms with Gasteiger partial charge in [-0.3, -0.25) is 0 Å². The van der Waals surface area contributed by atoms with E-state index in [2.05, 4.69) is 48.5 Å². The Hall–Kier alpha value is 0.107. The molecule has 0 spiro atoms. The second-order valence-corrected chi connectivity index (χ2v) is 12.9. The fourth-order valence-corrected chi connectivity index (χ4v) is 10.1. The fourth-order valence-electron chi connectivity index (χ4n) is 3.65. The lowest BCUT2D eigenvalue weighted by Crippen LogP contribution is -2.47. The van der Waals surface area contributed by atoms with Gasteiger partial charge in [0.25, 0.3) is 0 Å². The molecule has 0 bridgehead atoms. The van der Waals surface area contributed by atoms with Gasteiger partial charge in [0.1, 0.15) is 6.67 Å². The predicted octanol–water partition coefficient (Wildman–Crippen LogP) is 5.82. The third-order valence-corrected chi connectivity index (χ3v) is 12.4. The van der Waals surface area contributed by atoms with Crippen LogP contribution in [0.25, 0.3) is 0 Å². The highest BCUT2D eigenvalue weighted by Gasteiger charge is 2.44. The van der Waals surface area contributed by atoms with Crippen LogP contribution in [0.4, 0.5) is 4.39 Å². The SMILES string of the molecule is CCCCOC(CF)C[Si](C(C)C)(C(C)C)C(C)C. The van der Waals surface area contributed by atoms with Crippen LogP contribution in [0, 0.1) is 0 Å². The van der Waals surface area contributed by atoms with E-state index in [0.717, 1.165) is 18.9 Å². The lowest BCUT2D eigenvalue weighted by atomic mass is 10.3. The smallest absolute Gasteiger partial charge is 0.115 e. The van der Waals surface area contributed by atoms with Crippen molar-refractivity contribution in [2.75, 3.05) is 13.3 Å². The molecule has 3 heteroatoms. The quantitative estimate of drug-likeness (QED) is 0.364. The second kappa shape index (κ2) is 9.12. The van der Waals surface area contributed by atoms with Crippen LogP contribution in [-0.4, -0.2) is 27.5 Å². The van der Waals surface area contributed by atoms with Crippen LogP contribution in [0.3, 0.4) is 0 Å². The van der Waals surface area contributed by atoms with Crippen LogP contribution in [0.2, 0.25) is 22.7 Å². The molecule has 1 nitrogen and oxygen atoms in total. The van der Waals surface area contributed by atoms with Crippen molar-refractivity contribution in [3.63, 3.8) is 0 Å². The van der Waals surface area contributed by atoms with Crippen molar-refractivity contribution in [1.82, 2.24) is 0 Å². The zero-order chi connectivity index (χ0) is 15.1. The van der Waals surface area contributed by atoms with Gasteiger partial charge in [-0.05, 0) is 12.5 Å². The maximum absolute atomic E-state index is 13.3. The van der Waals surface area contributed by atoms with Crippen molar-refractivity contribution in [1.29, 1.82) is 0 Å². The Morgan fingerprint density at radius 1 is 0.947 bits per heavy atom. The first kappa shape index (κ1) is 19.1. The predicted molar refractivity (Wildman–Crippen MR) is 86.5 cm³/mol. The number of hydrogen-bond acceptors (Lipinski definition) is 1. The van der Waals surface area contributed by atoms with Gasteiger partial charge in [-0.1, -0.05) is 71.5 Å². The average Bonchev–Trinajstić information content (AvgIpc) is 2.32. The third-order valence-electron chi connectivity index (χ3n) is 4.83. The topological polar surface area (TPSA) is 9.23 Å². The largest absolute Gasteiger partial charge is 0.376 e. The van der Waals surface area contributed by atoms with Crippen LogP contribution in [-0.2, 0) is 4.74 Å². The Bertz CT molecular complexity index is 207. The van der Waals surface area contributed by atoms with Gasteiger partial charge in [0.2, 0.25) is 0 Å². The molecule has 0 aliphatic heterocycles. The molecular formula is C16H35FOSi. The molecule has 0 heterocycles. The van der Waals surface area contributed by atoms with Gasteiger partial charge in [0.15, 0.2) is 0 Å². The van der Waals surface area contributed by atoms with Crippen molar-refractivity contribution in [2.45, 2.75) is 90.1 Å². The van der Waals surface area contributed by atoms with E-state index in [4.69, 9.17) is 4.74 Å². The van der Waals surface area contributed by atoms with E-state index in [9.17, 15) is 4.39 Å². The van der Waals surface area contributed by atoms with Gasteiger partial charge in [-0.15, -0.1) is 0 Å². The van der Waals surface area contributed by atoms with E-state index in [0.29, 0.717) is 23.2 Å². The fraction of sp³-hybridized carbons (Fsp3) is 1.00. The van der Waals surface area contributed by atoms with Gasteiger partial charge >= 0.3 is 0 Å². The Labute approximate surface area is 121 Å². The summed E-state index contributed by atoms with van der Waals surface area (Å²) in [5.41, 5.74) is 2.03. The molecule has 0 saturated carbocycles. The summed E-state index contributed by atoms with van der Waals surface area (Å²) in [6, 6.07) is 0.972. The van der Waals surface area contributed by atoms with Crippen molar-refractivity contribution < 1.29 is 9.13 Å². The van der Waals surface area contributed by atoms with Gasteiger partial charge in [-0.2, -0.15) is 0 Å². The summed E-state index contributed by atoms with van der Waals surface area (Å²) in [5.74, 6) is 0. The molecule has 19 heavy (non-hydrogen) atoms. The minimum atomic E-state index is -1.54. The Morgan fingerprint density at radius 2 is 1.42 bits per heavy atom. The number of rotatable bonds is 10. The molecule has 0 aliphatic carbocycles. The molecule has 0 N–H and O–H groups in total. The highest BCUT2D eigenvalue weighted by atomic mass is 28.3. The van der Waals surface area contributed by atoms with E-state index in [1.807, 2.05) is 0 Å². The first-order chi connectivity index (χ1) is 8.82. The summed E-state index contributed by atoms with van der Waals surface area (Å²) in [4.78, 5) is 0. The average molecular weight is 291 g/mol. The molecule has 1 unspecified atom stereocenters. The van der Waals surface area contributed by atoms with E-state index >= 15 is 0 Å². The molecule has 0 fully saturated rings. The second-order valence-electron chi connectivity index (χ2n) is 6.78. The summed E-state index contributed by atoms with van der Waals surface area (Å²) in [6.45, 7) is 16.5. The highest BCUT2D eigenvalue weighted by molar-refractivity contribution is 6.83. The number of hydrogen-bond donors (Lipinski definition) is 0. The molecule has 0 rings (SSSR count). The van der Waals surface area contributed by atoms with Crippen molar-refractivity contribution in [2.24, 2.45) is 0 Å². The minimum absolute atomic E-state index is 0.176. The van der Waals surface area contributed by atoms with Gasteiger partial charge in [-0.25, -0.2) is 4.39 Å². The van der Waals surface area contributed by atoms with Crippen LogP contribution in [0.1, 0.15) is 61.3 Å². The minimum Gasteiger partial charge on any atom is -0.376 e. The van der Waals surface area contributed by atoms with E-state index in [-0.39, 0.29) is 12.8 Å². The lowest BCUT2D eigenvalue weighted by Gasteiger charge is -2.45. The summed E-state index contributed by atoms with van der Waals surface area (Å²) in [6.07, 6.45) is 1.97. The summed E-state index contributed by atoms with van der Waals surface area (Å²) in [5, 5.41) is 0. The van der Waals surface area contributed by atoms with Crippen LogP contribution >= 0.6 is 0 Å². The van der Waals surface area contributed by atoms with E-state index in [1.165, 1.54) is 0 Å². The summed E-state index contributed by atoms with van der Waals surface area (Å²) < 4.78 is 19.1. The van der Waals surface area contributed by atoms with Crippen LogP contribution < -0.4 is 0 Å². The molecule has 0 aromatic carbocycles. The molecule has 0 saturated heterocycles. The normalized spacial score (nSPS) is 14.7. The van der Waals surface area contributed by atoms with Crippen molar-refractivity contribution in [3.05, 3.63) is 0 Å². The Kier molecular flexibility index (Phi) is 9.17. The maximum atomic E-state index is 13.3. The summed E-state index contributed by atoms with van der Waals surface area (Å²) in [7, 11) is -1.54. The van der Waals surface area contributed by atoms with Gasteiger partial charge in [0.05, 0.1) is 14.2 Å². The third kappa shape index (κ3) is 5.18. The van der Waals surface area contributed by atoms with Gasteiger partial charge < -0.3 is 4.74 Å². The van der Waals surface area contributed by atoms with Crippen molar-refractivity contribution >= 4 is 8.07 Å². The molecule has 116 valence electrons. The molecule has 0 aromatic rings. The Morgan fingerprint density at radius 3 is 1.74 bits per heavy atom. The molecule has 0 aromatic heterocycles. The molecule has 0 radical (unpaired) electrons. The molecule has 1 atom stereocenters. The van der Waals surface area contributed by atoms with Crippen LogP contribution in [0.5, 0.6) is 0 Å². The molecular weight excluding hydrogens is 255 g/mol. The Balaban J connectivity index is 4.86. The van der Waals surface area contributed by atoms with E-state index in [1.54, 1.807) is 0 Å². The number of halogens is 1. The molecule has 0 aliphatic rings. The van der Waals surface area contributed by atoms with Gasteiger partial charge in [0, 0.05) is 6.61 Å². The first-order valence-corrected chi connectivity index (χ1v) is 10.4. The number of unbranched alkanes of at least 4 members (excludes halogenated alkanes) is 1. The number of ether oxygens (including phenoxy) is 1. The molecule has 0 amide bonds. The van der Waals surface area contributed by atoms with E-state index < -0.39 is 8.07 Å². The zero-order valence-corrected chi connectivity index (χ0v) is 15.1. The van der Waals surface area contributed by atoms with Crippen LogP contribution in [0.15, 0.2) is 0 Å². The first-order valence-electron chi connectivity index (χ1n) is 8.00. The zero-order valence-electron chi connectivity index (χ0n) is 14.1. The number of alkyl halides is 1. The van der Waals surface area contributed by atoms with Crippen molar-refractivity contribution in [3.8, 4) is 0 Å². The monoisotopic (exact) mass is 290 g/mol. The standard InChI is InChI=1S/C16H35FOSi/c1-8-9-10-18-16(11-17)12-19(13(2)3,14(4)5)15(6)7/h13-16H,8-12H2,1-7H3. The highest BCUT2D eigenvalue weighted by Crippen LogP contribution is 2.45.